The molecular weight excluding hydrogens is 170 g/mol. The van der Waals surface area contributed by atoms with Gasteiger partial charge in [-0.15, -0.1) is 11.3 Å². The highest BCUT2D eigenvalue weighted by atomic mass is 32.1. The first kappa shape index (κ1) is 9.67. The lowest BCUT2D eigenvalue weighted by molar-refractivity contribution is 0.585. The summed E-state index contributed by atoms with van der Waals surface area (Å²) < 4.78 is 0. The van der Waals surface area contributed by atoms with Crippen LogP contribution in [0.25, 0.3) is 0 Å². The second-order valence-corrected chi connectivity index (χ2v) is 3.74. The predicted octanol–water partition coefficient (Wildman–Crippen LogP) is 0.124. The fourth-order valence-electron chi connectivity index (χ4n) is 0.877. The van der Waals surface area contributed by atoms with Crippen LogP contribution in [0.1, 0.15) is 4.88 Å². The maximum atomic E-state index is 5.63. The van der Waals surface area contributed by atoms with Crippen LogP contribution in [0.15, 0.2) is 17.5 Å². The summed E-state index contributed by atoms with van der Waals surface area (Å²) in [4.78, 5) is 1.33. The molecule has 0 spiro atoms. The van der Waals surface area contributed by atoms with Crippen LogP contribution in [0.2, 0.25) is 0 Å². The Morgan fingerprint density at radius 1 is 1.58 bits per heavy atom. The number of hydrogen-bond acceptors (Lipinski definition) is 4. The zero-order chi connectivity index (χ0) is 8.81. The van der Waals surface area contributed by atoms with Gasteiger partial charge in [-0.25, -0.2) is 0 Å². The fourth-order valence-corrected chi connectivity index (χ4v) is 1.55. The van der Waals surface area contributed by atoms with Crippen LogP contribution < -0.4 is 16.8 Å². The summed E-state index contributed by atoms with van der Waals surface area (Å²) in [6.45, 7) is 2.22. The Morgan fingerprint density at radius 3 is 3.00 bits per heavy atom. The van der Waals surface area contributed by atoms with E-state index >= 15 is 0 Å². The van der Waals surface area contributed by atoms with Gasteiger partial charge in [0.1, 0.15) is 0 Å². The van der Waals surface area contributed by atoms with Crippen molar-refractivity contribution in [1.82, 2.24) is 5.32 Å². The zero-order valence-electron chi connectivity index (χ0n) is 6.99. The van der Waals surface area contributed by atoms with Gasteiger partial charge in [0, 0.05) is 30.6 Å². The minimum Gasteiger partial charge on any atom is -0.329 e. The van der Waals surface area contributed by atoms with Crippen molar-refractivity contribution >= 4 is 11.3 Å². The maximum absolute atomic E-state index is 5.63. The van der Waals surface area contributed by atoms with Crippen LogP contribution >= 0.6 is 11.3 Å². The van der Waals surface area contributed by atoms with Gasteiger partial charge < -0.3 is 16.8 Å². The highest BCUT2D eigenvalue weighted by Gasteiger charge is 1.98. The molecule has 1 heterocycles. The van der Waals surface area contributed by atoms with Gasteiger partial charge in [-0.1, -0.05) is 6.07 Å². The molecule has 3 nitrogen and oxygen atoms in total. The Morgan fingerprint density at radius 2 is 2.42 bits per heavy atom. The maximum Gasteiger partial charge on any atom is 0.0300 e. The molecular formula is C8H15N3S. The first-order valence-electron chi connectivity index (χ1n) is 4.01. The van der Waals surface area contributed by atoms with Crippen molar-refractivity contribution in [3.05, 3.63) is 22.4 Å². The van der Waals surface area contributed by atoms with Gasteiger partial charge in [0.05, 0.1) is 0 Å². The number of nitrogens with two attached hydrogens (primary N) is 2. The summed E-state index contributed by atoms with van der Waals surface area (Å²) in [5, 5.41) is 5.31. The van der Waals surface area contributed by atoms with Crippen LogP contribution in [0.3, 0.4) is 0 Å². The summed E-state index contributed by atoms with van der Waals surface area (Å²) in [5.41, 5.74) is 11.0. The zero-order valence-corrected chi connectivity index (χ0v) is 7.81. The van der Waals surface area contributed by atoms with Crippen molar-refractivity contribution in [1.29, 1.82) is 0 Å². The minimum absolute atomic E-state index is 0.0740. The van der Waals surface area contributed by atoms with Crippen molar-refractivity contribution in [2.75, 3.05) is 13.1 Å². The molecule has 1 rings (SSSR count). The third-order valence-corrected chi connectivity index (χ3v) is 2.46. The van der Waals surface area contributed by atoms with Crippen LogP contribution in [0.4, 0.5) is 0 Å². The highest BCUT2D eigenvalue weighted by Crippen LogP contribution is 2.06. The van der Waals surface area contributed by atoms with E-state index in [9.17, 15) is 0 Å². The van der Waals surface area contributed by atoms with E-state index in [1.54, 1.807) is 11.3 Å². The van der Waals surface area contributed by atoms with E-state index in [1.165, 1.54) is 4.88 Å². The Hall–Kier alpha value is -0.420. The van der Waals surface area contributed by atoms with Gasteiger partial charge >= 0.3 is 0 Å². The topological polar surface area (TPSA) is 64.1 Å². The molecule has 0 fully saturated rings. The third-order valence-electron chi connectivity index (χ3n) is 1.59. The largest absolute Gasteiger partial charge is 0.329 e. The number of rotatable bonds is 5. The molecule has 1 aromatic rings. The van der Waals surface area contributed by atoms with Crippen molar-refractivity contribution in [2.24, 2.45) is 11.5 Å². The van der Waals surface area contributed by atoms with Crippen molar-refractivity contribution in [3.63, 3.8) is 0 Å². The van der Waals surface area contributed by atoms with Gasteiger partial charge in [0.15, 0.2) is 0 Å². The van der Waals surface area contributed by atoms with Crippen LogP contribution in [0.5, 0.6) is 0 Å². The van der Waals surface area contributed by atoms with Crippen LogP contribution in [0, 0.1) is 0 Å². The molecule has 4 heteroatoms. The smallest absolute Gasteiger partial charge is 0.0300 e. The molecule has 0 saturated carbocycles. The SMILES string of the molecule is NCC(N)CNCc1cccs1. The number of nitrogens with one attached hydrogen (secondary N) is 1. The van der Waals surface area contributed by atoms with Gasteiger partial charge in [-0.05, 0) is 11.4 Å². The van der Waals surface area contributed by atoms with Gasteiger partial charge in [-0.2, -0.15) is 0 Å². The lowest BCUT2D eigenvalue weighted by Gasteiger charge is -2.08. The molecule has 0 bridgehead atoms. The lowest BCUT2D eigenvalue weighted by atomic mass is 10.3. The summed E-state index contributed by atoms with van der Waals surface area (Å²) in [7, 11) is 0. The molecule has 0 aromatic carbocycles. The normalized spacial score (nSPS) is 13.2. The monoisotopic (exact) mass is 185 g/mol. The summed E-state index contributed by atoms with van der Waals surface area (Å²) in [5.74, 6) is 0. The van der Waals surface area contributed by atoms with Gasteiger partial charge in [0.2, 0.25) is 0 Å². The second-order valence-electron chi connectivity index (χ2n) is 2.71. The first-order valence-corrected chi connectivity index (χ1v) is 4.89. The van der Waals surface area contributed by atoms with Crippen molar-refractivity contribution in [3.8, 4) is 0 Å². The van der Waals surface area contributed by atoms with E-state index in [0.717, 1.165) is 13.1 Å². The van der Waals surface area contributed by atoms with E-state index in [0.29, 0.717) is 6.54 Å². The molecule has 0 aliphatic carbocycles. The van der Waals surface area contributed by atoms with E-state index in [1.807, 2.05) is 6.07 Å². The van der Waals surface area contributed by atoms with E-state index in [-0.39, 0.29) is 6.04 Å². The average molecular weight is 185 g/mol. The molecule has 5 N–H and O–H groups in total. The number of hydrogen-bond donors (Lipinski definition) is 3. The first-order chi connectivity index (χ1) is 5.83. The Labute approximate surface area is 76.8 Å². The minimum atomic E-state index is 0.0740. The molecule has 0 aliphatic heterocycles. The highest BCUT2D eigenvalue weighted by molar-refractivity contribution is 7.09. The van der Waals surface area contributed by atoms with Gasteiger partial charge in [-0.3, -0.25) is 0 Å². The quantitative estimate of drug-likeness (QED) is 0.610. The molecule has 1 atom stereocenters. The fraction of sp³-hybridized carbons (Fsp3) is 0.500. The molecule has 0 amide bonds. The Balaban J connectivity index is 2.11. The summed E-state index contributed by atoms with van der Waals surface area (Å²) >= 11 is 1.75. The Bertz CT molecular complexity index is 198. The molecule has 12 heavy (non-hydrogen) atoms. The van der Waals surface area contributed by atoms with E-state index in [2.05, 4.69) is 16.8 Å². The summed E-state index contributed by atoms with van der Waals surface area (Å²) in [6, 6.07) is 4.22. The molecule has 68 valence electrons. The van der Waals surface area contributed by atoms with E-state index in [4.69, 9.17) is 11.5 Å². The van der Waals surface area contributed by atoms with Crippen LogP contribution in [-0.4, -0.2) is 19.1 Å². The van der Waals surface area contributed by atoms with E-state index < -0.39 is 0 Å². The molecule has 1 unspecified atom stereocenters. The van der Waals surface area contributed by atoms with Gasteiger partial charge in [0.25, 0.3) is 0 Å². The molecule has 0 radical (unpaired) electrons. The second kappa shape index (κ2) is 5.27. The standard InChI is InChI=1S/C8H15N3S/c9-4-7(10)5-11-6-8-2-1-3-12-8/h1-3,7,11H,4-6,9-10H2. The Kier molecular flexibility index (Phi) is 4.24. The average Bonchev–Trinajstić information content (AvgIpc) is 2.57. The summed E-state index contributed by atoms with van der Waals surface area (Å²) in [6.07, 6.45) is 0. The molecule has 0 saturated heterocycles. The van der Waals surface area contributed by atoms with Crippen molar-refractivity contribution in [2.45, 2.75) is 12.6 Å². The third kappa shape index (κ3) is 3.32. The number of thiophene rings is 1. The molecule has 1 aromatic heterocycles. The van der Waals surface area contributed by atoms with Crippen LogP contribution in [-0.2, 0) is 6.54 Å². The molecule has 0 aliphatic rings. The predicted molar refractivity (Wildman–Crippen MR) is 53.1 cm³/mol. The lowest BCUT2D eigenvalue weighted by Crippen LogP contribution is -2.39. The van der Waals surface area contributed by atoms with Crippen molar-refractivity contribution < 1.29 is 0 Å².